The summed E-state index contributed by atoms with van der Waals surface area (Å²) in [6.45, 7) is 4.55. The van der Waals surface area contributed by atoms with Gasteiger partial charge in [-0.15, -0.1) is 0 Å². The molecule has 1 aliphatic rings. The van der Waals surface area contributed by atoms with Crippen molar-refractivity contribution in [2.24, 2.45) is 0 Å². The number of rotatable bonds is 6. The normalized spacial score (nSPS) is 19.3. The number of ether oxygens (including phenoxy) is 2. The number of pyridine rings is 1. The largest absolute Gasteiger partial charge is 0.481 e. The van der Waals surface area contributed by atoms with E-state index in [9.17, 15) is 0 Å². The number of nitrogens with zero attached hydrogens (tertiary/aromatic N) is 1. The van der Waals surface area contributed by atoms with Crippen LogP contribution in [0.5, 0.6) is 5.75 Å². The summed E-state index contributed by atoms with van der Waals surface area (Å²) in [4.78, 5) is 4.49. The van der Waals surface area contributed by atoms with Crippen LogP contribution < -0.4 is 10.1 Å². The fourth-order valence-electron chi connectivity index (χ4n) is 2.88. The Morgan fingerprint density at radius 1 is 1.26 bits per heavy atom. The number of morpholine rings is 1. The van der Waals surface area contributed by atoms with Gasteiger partial charge in [0.15, 0.2) is 6.10 Å². The van der Waals surface area contributed by atoms with E-state index >= 15 is 0 Å². The molecule has 2 heterocycles. The minimum atomic E-state index is -0.206. The van der Waals surface area contributed by atoms with Crippen LogP contribution in [0.15, 0.2) is 48.7 Å². The summed E-state index contributed by atoms with van der Waals surface area (Å²) in [6, 6.07) is 14.2. The maximum Gasteiger partial charge on any atom is 0.168 e. The lowest BCUT2D eigenvalue weighted by Crippen LogP contribution is -2.43. The van der Waals surface area contributed by atoms with Crippen molar-refractivity contribution in [2.75, 3.05) is 19.7 Å². The molecular weight excluding hydrogens is 288 g/mol. The molecule has 0 unspecified atom stereocenters. The molecule has 1 N–H and O–H groups in total. The molecule has 23 heavy (non-hydrogen) atoms. The lowest BCUT2D eigenvalue weighted by atomic mass is 10.1. The van der Waals surface area contributed by atoms with E-state index < -0.39 is 0 Å². The van der Waals surface area contributed by atoms with Gasteiger partial charge in [-0.25, -0.2) is 0 Å². The fourth-order valence-corrected chi connectivity index (χ4v) is 2.88. The molecule has 3 rings (SSSR count). The van der Waals surface area contributed by atoms with Gasteiger partial charge in [0.2, 0.25) is 0 Å². The third kappa shape index (κ3) is 4.09. The van der Waals surface area contributed by atoms with Gasteiger partial charge < -0.3 is 14.8 Å². The van der Waals surface area contributed by atoms with Crippen molar-refractivity contribution < 1.29 is 9.47 Å². The monoisotopic (exact) mass is 312 g/mol. The molecule has 2 atom stereocenters. The average Bonchev–Trinajstić information content (AvgIpc) is 2.63. The first-order valence-corrected chi connectivity index (χ1v) is 8.36. The first-order valence-electron chi connectivity index (χ1n) is 8.36. The number of hydrogen-bond acceptors (Lipinski definition) is 4. The molecule has 0 bridgehead atoms. The second-order valence-corrected chi connectivity index (χ2v) is 5.76. The van der Waals surface area contributed by atoms with Crippen LogP contribution in [0.3, 0.4) is 0 Å². The van der Waals surface area contributed by atoms with Crippen LogP contribution in [0.2, 0.25) is 0 Å². The van der Waals surface area contributed by atoms with E-state index in [4.69, 9.17) is 9.47 Å². The zero-order valence-electron chi connectivity index (χ0n) is 13.6. The van der Waals surface area contributed by atoms with Crippen LogP contribution in [-0.2, 0) is 11.2 Å². The maximum absolute atomic E-state index is 6.40. The molecule has 1 aliphatic heterocycles. The highest BCUT2D eigenvalue weighted by atomic mass is 16.5. The Bertz CT molecular complexity index is 597. The summed E-state index contributed by atoms with van der Waals surface area (Å²) >= 11 is 0. The summed E-state index contributed by atoms with van der Waals surface area (Å²) in [7, 11) is 0. The van der Waals surface area contributed by atoms with Crippen molar-refractivity contribution in [1.82, 2.24) is 10.3 Å². The Labute approximate surface area is 137 Å². The molecule has 0 amide bonds. The molecule has 2 aromatic rings. The molecule has 0 aliphatic carbocycles. The number of para-hydroxylation sites is 1. The molecule has 0 spiro atoms. The number of benzene rings is 1. The van der Waals surface area contributed by atoms with Gasteiger partial charge in [0.05, 0.1) is 12.3 Å². The van der Waals surface area contributed by atoms with Crippen molar-refractivity contribution in [3.05, 3.63) is 59.9 Å². The predicted octanol–water partition coefficient (Wildman–Crippen LogP) is 3.14. The van der Waals surface area contributed by atoms with Gasteiger partial charge >= 0.3 is 0 Å². The highest BCUT2D eigenvalue weighted by Crippen LogP contribution is 2.29. The van der Waals surface area contributed by atoms with Gasteiger partial charge in [-0.3, -0.25) is 4.98 Å². The Balaban J connectivity index is 1.86. The third-order valence-corrected chi connectivity index (χ3v) is 4.02. The molecule has 0 radical (unpaired) electrons. The van der Waals surface area contributed by atoms with E-state index in [1.54, 1.807) is 6.20 Å². The van der Waals surface area contributed by atoms with Crippen molar-refractivity contribution >= 4 is 0 Å². The second kappa shape index (κ2) is 8.09. The molecule has 4 nitrogen and oxygen atoms in total. The number of hydrogen-bond donors (Lipinski definition) is 1. The lowest BCUT2D eigenvalue weighted by molar-refractivity contribution is -0.0449. The summed E-state index contributed by atoms with van der Waals surface area (Å²) in [5.41, 5.74) is 2.15. The van der Waals surface area contributed by atoms with E-state index in [0.29, 0.717) is 6.61 Å². The standard InChI is InChI=1S/C19H24N2O2/c1-2-7-15-8-3-4-10-17(15)23-19(16-9-5-6-11-21-16)18-14-20-12-13-22-18/h3-6,8-11,18-20H,2,7,12-14H2,1H3/t18-,19-/m0/s1. The SMILES string of the molecule is CCCc1ccccc1O[C@@H](c1ccccn1)[C@@H]1CNCCO1. The number of nitrogens with one attached hydrogen (secondary N) is 1. The Morgan fingerprint density at radius 2 is 2.13 bits per heavy atom. The van der Waals surface area contributed by atoms with E-state index in [2.05, 4.69) is 29.4 Å². The molecule has 1 aromatic carbocycles. The topological polar surface area (TPSA) is 43.4 Å². The summed E-state index contributed by atoms with van der Waals surface area (Å²) in [5.74, 6) is 0.930. The first-order chi connectivity index (χ1) is 11.4. The van der Waals surface area contributed by atoms with Crippen LogP contribution in [0.25, 0.3) is 0 Å². The van der Waals surface area contributed by atoms with E-state index in [0.717, 1.165) is 37.4 Å². The summed E-state index contributed by atoms with van der Waals surface area (Å²) in [5, 5.41) is 3.38. The Morgan fingerprint density at radius 3 is 2.87 bits per heavy atom. The van der Waals surface area contributed by atoms with Gasteiger partial charge in [0.25, 0.3) is 0 Å². The second-order valence-electron chi connectivity index (χ2n) is 5.76. The zero-order valence-corrected chi connectivity index (χ0v) is 13.6. The molecule has 4 heteroatoms. The molecule has 1 fully saturated rings. The highest BCUT2D eigenvalue weighted by Gasteiger charge is 2.29. The van der Waals surface area contributed by atoms with Crippen molar-refractivity contribution in [1.29, 1.82) is 0 Å². The first kappa shape index (κ1) is 16.0. The van der Waals surface area contributed by atoms with Crippen LogP contribution in [0, 0.1) is 0 Å². The van der Waals surface area contributed by atoms with Crippen molar-refractivity contribution in [2.45, 2.75) is 32.0 Å². The van der Waals surface area contributed by atoms with Gasteiger partial charge in [0.1, 0.15) is 11.9 Å². The smallest absolute Gasteiger partial charge is 0.168 e. The molecule has 122 valence electrons. The molecule has 1 aromatic heterocycles. The number of aromatic nitrogens is 1. The molecular formula is C19H24N2O2. The van der Waals surface area contributed by atoms with Gasteiger partial charge in [-0.05, 0) is 30.2 Å². The Kier molecular flexibility index (Phi) is 5.61. The van der Waals surface area contributed by atoms with E-state index in [1.807, 2.05) is 30.3 Å². The van der Waals surface area contributed by atoms with Crippen molar-refractivity contribution in [3.63, 3.8) is 0 Å². The molecule has 0 saturated carbocycles. The van der Waals surface area contributed by atoms with E-state index in [-0.39, 0.29) is 12.2 Å². The van der Waals surface area contributed by atoms with E-state index in [1.165, 1.54) is 5.56 Å². The summed E-state index contributed by atoms with van der Waals surface area (Å²) in [6.07, 6.45) is 3.67. The van der Waals surface area contributed by atoms with Gasteiger partial charge in [-0.2, -0.15) is 0 Å². The predicted molar refractivity (Wildman–Crippen MR) is 90.7 cm³/mol. The Hall–Kier alpha value is -1.91. The third-order valence-electron chi connectivity index (χ3n) is 4.02. The van der Waals surface area contributed by atoms with Crippen molar-refractivity contribution in [3.8, 4) is 5.75 Å². The van der Waals surface area contributed by atoms with Crippen LogP contribution in [0.4, 0.5) is 0 Å². The van der Waals surface area contributed by atoms with Gasteiger partial charge in [0, 0.05) is 19.3 Å². The minimum Gasteiger partial charge on any atom is -0.481 e. The minimum absolute atomic E-state index is 0.0340. The van der Waals surface area contributed by atoms with Crippen LogP contribution in [-0.4, -0.2) is 30.8 Å². The maximum atomic E-state index is 6.40. The lowest BCUT2D eigenvalue weighted by Gasteiger charge is -2.31. The van der Waals surface area contributed by atoms with Gasteiger partial charge in [-0.1, -0.05) is 37.6 Å². The highest BCUT2D eigenvalue weighted by molar-refractivity contribution is 5.34. The summed E-state index contributed by atoms with van der Waals surface area (Å²) < 4.78 is 12.3. The van der Waals surface area contributed by atoms with Crippen LogP contribution >= 0.6 is 0 Å². The fraction of sp³-hybridized carbons (Fsp3) is 0.421. The average molecular weight is 312 g/mol. The quantitative estimate of drug-likeness (QED) is 0.890. The molecule has 1 saturated heterocycles. The van der Waals surface area contributed by atoms with Crippen LogP contribution in [0.1, 0.15) is 30.7 Å². The zero-order chi connectivity index (χ0) is 15.9. The number of aryl methyl sites for hydroxylation is 1.